The van der Waals surface area contributed by atoms with Crippen LogP contribution in [0.15, 0.2) is 0 Å². The number of carbonyl (C=O) groups is 2. The second-order valence-corrected chi connectivity index (χ2v) is 16.4. The first-order valence-electron chi connectivity index (χ1n) is 22.0. The molecule has 0 aromatic heterocycles. The quantitative estimate of drug-likeness (QED) is 0.0354. The van der Waals surface area contributed by atoms with Gasteiger partial charge < -0.3 is 20.1 Å². The summed E-state index contributed by atoms with van der Waals surface area (Å²) in [5, 5.41) is 0. The summed E-state index contributed by atoms with van der Waals surface area (Å²) >= 11 is 0. The number of rotatable bonds is 42. The molecule has 0 saturated heterocycles. The third kappa shape index (κ3) is 38.7. The SMILES string of the molecule is CCCCCCCCCCCCCCCCCCC(=O)O[C@H](COC(=O)CCCCCCCCCCCCCCCCC)COP(=O)(O)OCCN. The summed E-state index contributed by atoms with van der Waals surface area (Å²) in [6.07, 6.45) is 38.4. The highest BCUT2D eigenvalue weighted by molar-refractivity contribution is 7.47. The van der Waals surface area contributed by atoms with Crippen molar-refractivity contribution in [2.75, 3.05) is 26.4 Å². The van der Waals surface area contributed by atoms with Crippen molar-refractivity contribution in [2.24, 2.45) is 5.73 Å². The van der Waals surface area contributed by atoms with Gasteiger partial charge in [-0.2, -0.15) is 0 Å². The number of hydrogen-bond donors (Lipinski definition) is 2. The van der Waals surface area contributed by atoms with E-state index in [4.69, 9.17) is 24.3 Å². The zero-order valence-electron chi connectivity index (χ0n) is 34.1. The second-order valence-electron chi connectivity index (χ2n) is 14.9. The summed E-state index contributed by atoms with van der Waals surface area (Å²) in [5.74, 6) is -0.812. The fraction of sp³-hybridized carbons (Fsp3) is 0.952. The molecule has 0 amide bonds. The molecule has 0 saturated carbocycles. The molecule has 1 unspecified atom stereocenters. The van der Waals surface area contributed by atoms with Crippen LogP contribution in [-0.2, 0) is 32.7 Å². The number of ether oxygens (including phenoxy) is 2. The van der Waals surface area contributed by atoms with Gasteiger partial charge in [0.15, 0.2) is 6.10 Å². The summed E-state index contributed by atoms with van der Waals surface area (Å²) in [6.45, 7) is 3.78. The van der Waals surface area contributed by atoms with E-state index in [0.29, 0.717) is 6.42 Å². The molecule has 3 N–H and O–H groups in total. The molecule has 2 atom stereocenters. The molecule has 0 aliphatic heterocycles. The molecule has 52 heavy (non-hydrogen) atoms. The Morgan fingerprint density at radius 3 is 1.17 bits per heavy atom. The van der Waals surface area contributed by atoms with E-state index >= 15 is 0 Å². The zero-order valence-corrected chi connectivity index (χ0v) is 35.0. The largest absolute Gasteiger partial charge is 0.472 e. The van der Waals surface area contributed by atoms with E-state index in [1.807, 2.05) is 0 Å². The molecular formula is C42H84NO8P. The molecule has 0 rings (SSSR count). The number of phosphoric acid groups is 1. The molecule has 0 bridgehead atoms. The van der Waals surface area contributed by atoms with Crippen LogP contribution in [0.2, 0.25) is 0 Å². The Bertz CT molecular complexity index is 830. The van der Waals surface area contributed by atoms with Gasteiger partial charge in [0.25, 0.3) is 0 Å². The van der Waals surface area contributed by atoms with Gasteiger partial charge in [-0.25, -0.2) is 4.57 Å². The third-order valence-corrected chi connectivity index (χ3v) is 10.7. The average molecular weight is 762 g/mol. The zero-order chi connectivity index (χ0) is 38.2. The van der Waals surface area contributed by atoms with Gasteiger partial charge in [-0.05, 0) is 12.8 Å². The summed E-state index contributed by atoms with van der Waals surface area (Å²) < 4.78 is 32.8. The number of phosphoric ester groups is 1. The fourth-order valence-corrected chi connectivity index (χ4v) is 7.23. The minimum atomic E-state index is -4.37. The number of carbonyl (C=O) groups excluding carboxylic acids is 2. The highest BCUT2D eigenvalue weighted by Crippen LogP contribution is 2.43. The van der Waals surface area contributed by atoms with Gasteiger partial charge in [0, 0.05) is 19.4 Å². The maximum Gasteiger partial charge on any atom is 0.472 e. The average Bonchev–Trinajstić information content (AvgIpc) is 3.13. The van der Waals surface area contributed by atoms with Crippen molar-refractivity contribution in [3.8, 4) is 0 Å². The monoisotopic (exact) mass is 762 g/mol. The van der Waals surface area contributed by atoms with Crippen LogP contribution in [0, 0.1) is 0 Å². The Kier molecular flexibility index (Phi) is 38.9. The van der Waals surface area contributed by atoms with Crippen LogP contribution >= 0.6 is 7.82 Å². The first kappa shape index (κ1) is 51.0. The lowest BCUT2D eigenvalue weighted by Crippen LogP contribution is -2.29. The van der Waals surface area contributed by atoms with Crippen LogP contribution in [-0.4, -0.2) is 49.3 Å². The molecule has 0 aromatic carbocycles. The number of hydrogen-bond acceptors (Lipinski definition) is 8. The first-order valence-corrected chi connectivity index (χ1v) is 23.5. The van der Waals surface area contributed by atoms with Crippen LogP contribution in [0.5, 0.6) is 0 Å². The molecule has 0 radical (unpaired) electrons. The van der Waals surface area contributed by atoms with Gasteiger partial charge in [0.2, 0.25) is 0 Å². The van der Waals surface area contributed by atoms with E-state index in [9.17, 15) is 19.0 Å². The number of esters is 2. The third-order valence-electron chi connectivity index (χ3n) is 9.74. The van der Waals surface area contributed by atoms with E-state index < -0.39 is 26.5 Å². The van der Waals surface area contributed by atoms with Gasteiger partial charge in [-0.3, -0.25) is 18.6 Å². The van der Waals surface area contributed by atoms with E-state index in [1.165, 1.54) is 161 Å². The van der Waals surface area contributed by atoms with Gasteiger partial charge in [-0.15, -0.1) is 0 Å². The predicted octanol–water partition coefficient (Wildman–Crippen LogP) is 12.4. The van der Waals surface area contributed by atoms with Gasteiger partial charge >= 0.3 is 19.8 Å². The molecule has 0 aliphatic carbocycles. The lowest BCUT2D eigenvalue weighted by atomic mass is 10.0. The van der Waals surface area contributed by atoms with Crippen molar-refractivity contribution in [2.45, 2.75) is 232 Å². The highest BCUT2D eigenvalue weighted by atomic mass is 31.2. The molecule has 0 aliphatic rings. The summed E-state index contributed by atoms with van der Waals surface area (Å²) in [4.78, 5) is 34.8. The van der Waals surface area contributed by atoms with Crippen molar-refractivity contribution < 1.29 is 37.6 Å². The minimum absolute atomic E-state index is 0.0581. The standard InChI is InChI=1S/C42H84NO8P/c1-3-5-7-9-11-13-15-17-19-21-23-25-27-29-31-33-35-42(45)51-40(39-50-52(46,47)49-37-36-43)38-48-41(44)34-32-30-28-26-24-22-20-18-16-14-12-10-8-6-4-2/h40H,3-39,43H2,1-2H3,(H,46,47)/t40-/m1/s1. The molecule has 0 heterocycles. The summed E-state index contributed by atoms with van der Waals surface area (Å²) in [6, 6.07) is 0. The van der Waals surface area contributed by atoms with Crippen LogP contribution < -0.4 is 5.73 Å². The summed E-state index contributed by atoms with van der Waals surface area (Å²) in [7, 11) is -4.37. The van der Waals surface area contributed by atoms with Crippen LogP contribution in [0.25, 0.3) is 0 Å². The fourth-order valence-electron chi connectivity index (χ4n) is 6.46. The maximum atomic E-state index is 12.6. The van der Waals surface area contributed by atoms with Gasteiger partial charge in [0.05, 0.1) is 13.2 Å². The lowest BCUT2D eigenvalue weighted by molar-refractivity contribution is -0.161. The van der Waals surface area contributed by atoms with Crippen molar-refractivity contribution in [3.05, 3.63) is 0 Å². The van der Waals surface area contributed by atoms with Crippen LogP contribution in [0.4, 0.5) is 0 Å². The minimum Gasteiger partial charge on any atom is -0.462 e. The summed E-state index contributed by atoms with van der Waals surface area (Å²) in [5.41, 5.74) is 5.35. The van der Waals surface area contributed by atoms with Gasteiger partial charge in [-0.1, -0.05) is 200 Å². The van der Waals surface area contributed by atoms with E-state index in [2.05, 4.69) is 13.8 Å². The number of unbranched alkanes of at least 4 members (excludes halogenated alkanes) is 29. The number of nitrogens with two attached hydrogens (primary N) is 1. The molecule has 0 fully saturated rings. The smallest absolute Gasteiger partial charge is 0.462 e. The first-order chi connectivity index (χ1) is 25.3. The topological polar surface area (TPSA) is 134 Å². The Hall–Kier alpha value is -0.990. The Morgan fingerprint density at radius 1 is 0.500 bits per heavy atom. The van der Waals surface area contributed by atoms with E-state index in [1.54, 1.807) is 0 Å². The molecule has 0 aromatic rings. The van der Waals surface area contributed by atoms with Crippen molar-refractivity contribution in [1.82, 2.24) is 0 Å². The van der Waals surface area contributed by atoms with E-state index in [-0.39, 0.29) is 38.6 Å². The normalized spacial score (nSPS) is 13.2. The van der Waals surface area contributed by atoms with Crippen LogP contribution in [0.1, 0.15) is 226 Å². The maximum absolute atomic E-state index is 12.6. The molecule has 9 nitrogen and oxygen atoms in total. The highest BCUT2D eigenvalue weighted by Gasteiger charge is 2.26. The van der Waals surface area contributed by atoms with Crippen LogP contribution in [0.3, 0.4) is 0 Å². The van der Waals surface area contributed by atoms with Crippen molar-refractivity contribution in [3.63, 3.8) is 0 Å². The van der Waals surface area contributed by atoms with Crippen molar-refractivity contribution in [1.29, 1.82) is 0 Å². The Morgan fingerprint density at radius 2 is 0.827 bits per heavy atom. The molecular weight excluding hydrogens is 677 g/mol. The molecule has 10 heteroatoms. The Labute approximate surface area is 320 Å². The second kappa shape index (κ2) is 39.7. The van der Waals surface area contributed by atoms with Gasteiger partial charge in [0.1, 0.15) is 6.61 Å². The van der Waals surface area contributed by atoms with Crippen molar-refractivity contribution >= 4 is 19.8 Å². The molecule has 310 valence electrons. The van der Waals surface area contributed by atoms with E-state index in [0.717, 1.165) is 32.1 Å². The Balaban J connectivity index is 4.09. The molecule has 0 spiro atoms. The predicted molar refractivity (Wildman–Crippen MR) is 215 cm³/mol. The lowest BCUT2D eigenvalue weighted by Gasteiger charge is -2.19.